The predicted octanol–water partition coefficient (Wildman–Crippen LogP) is 4.20. The van der Waals surface area contributed by atoms with Gasteiger partial charge in [0.25, 0.3) is 0 Å². The van der Waals surface area contributed by atoms with Crippen LogP contribution in [0.25, 0.3) is 0 Å². The van der Waals surface area contributed by atoms with Gasteiger partial charge < -0.3 is 0 Å². The number of hydrogen-bond acceptors (Lipinski definition) is 4. The minimum Gasteiger partial charge on any atom is -0.298 e. The molecule has 0 aliphatic rings. The Bertz CT molecular complexity index is 228. The molecule has 0 unspecified atom stereocenters. The lowest BCUT2D eigenvalue weighted by atomic mass is 10.5. The maximum atomic E-state index is 12.1. The Morgan fingerprint density at radius 3 is 1.60 bits per heavy atom. The highest BCUT2D eigenvalue weighted by molar-refractivity contribution is 8.55. The molecule has 0 aromatic heterocycles. The average Bonchev–Trinajstić information content (AvgIpc) is 1.73. The minimum absolute atomic E-state index is 0.593. The smallest absolute Gasteiger partial charge is 0.298 e. The van der Waals surface area contributed by atoms with Gasteiger partial charge >= 0.3 is 12.3 Å². The van der Waals surface area contributed by atoms with Crippen LogP contribution < -0.4 is 0 Å². The van der Waals surface area contributed by atoms with Gasteiger partial charge in [0.15, 0.2) is 0 Å². The van der Waals surface area contributed by atoms with E-state index in [9.17, 15) is 17.7 Å². The Labute approximate surface area is 91.0 Å². The molecule has 0 amide bonds. The highest BCUT2D eigenvalue weighted by Gasteiger charge is 2.44. The van der Waals surface area contributed by atoms with Crippen molar-refractivity contribution in [3.63, 3.8) is 0 Å². The van der Waals surface area contributed by atoms with Gasteiger partial charge in [0.1, 0.15) is 0 Å². The maximum absolute atomic E-state index is 12.1. The lowest BCUT2D eigenvalue weighted by Gasteiger charge is -2.22. The van der Waals surface area contributed by atoms with E-state index in [4.69, 9.17) is 9.05 Å². The maximum Gasteiger partial charge on any atom is 0.452 e. The molecule has 0 radical (unpaired) electrons. The summed E-state index contributed by atoms with van der Waals surface area (Å²) in [6.45, 7) is 1.81. The summed E-state index contributed by atoms with van der Waals surface area (Å²) < 4.78 is 57.3. The molecule has 0 atom stereocenters. The molecule has 0 aromatic rings. The lowest BCUT2D eigenvalue weighted by molar-refractivity contribution is -0.0320. The minimum atomic E-state index is -4.64. The van der Waals surface area contributed by atoms with E-state index in [1.165, 1.54) is 27.7 Å². The monoisotopic (exact) mass is 266 g/mol. The van der Waals surface area contributed by atoms with Crippen LogP contribution >= 0.6 is 18.2 Å². The molecule has 0 rings (SSSR count). The van der Waals surface area contributed by atoms with Crippen molar-refractivity contribution in [1.82, 2.24) is 0 Å². The van der Waals surface area contributed by atoms with Crippen LogP contribution in [0.2, 0.25) is 0 Å². The van der Waals surface area contributed by atoms with Gasteiger partial charge in [-0.1, -0.05) is 0 Å². The summed E-state index contributed by atoms with van der Waals surface area (Å²) in [4.78, 5) is 0. The van der Waals surface area contributed by atoms with Gasteiger partial charge in [-0.05, 0) is 27.7 Å². The lowest BCUT2D eigenvalue weighted by Crippen LogP contribution is -2.10. The SMILES string of the molecule is CC(C)OP(=O)(OC(C)C)SC(F)(F)F. The van der Waals surface area contributed by atoms with E-state index in [1.54, 1.807) is 0 Å². The highest BCUT2D eigenvalue weighted by Crippen LogP contribution is 2.67. The molecule has 0 bridgehead atoms. The zero-order chi connectivity index (χ0) is 12.3. The first-order chi connectivity index (χ1) is 6.54. The fourth-order valence-electron chi connectivity index (χ4n) is 0.711. The third-order valence-corrected chi connectivity index (χ3v) is 4.49. The van der Waals surface area contributed by atoms with Crippen molar-refractivity contribution >= 4 is 18.2 Å². The second kappa shape index (κ2) is 5.57. The second-order valence-electron chi connectivity index (χ2n) is 3.29. The molecule has 0 aliphatic carbocycles. The van der Waals surface area contributed by atoms with Crippen molar-refractivity contribution in [1.29, 1.82) is 0 Å². The van der Waals surface area contributed by atoms with Gasteiger partial charge in [-0.3, -0.25) is 9.05 Å². The van der Waals surface area contributed by atoms with Gasteiger partial charge in [0.2, 0.25) is 0 Å². The van der Waals surface area contributed by atoms with Crippen LogP contribution in [0.5, 0.6) is 0 Å². The Balaban J connectivity index is 4.63. The van der Waals surface area contributed by atoms with Crippen molar-refractivity contribution in [3.8, 4) is 0 Å². The molecular formula is C7H14F3O3PS. The Morgan fingerprint density at radius 1 is 1.07 bits per heavy atom. The first-order valence-corrected chi connectivity index (χ1v) is 7.25. The van der Waals surface area contributed by atoms with E-state index in [1.807, 2.05) is 0 Å². The highest BCUT2D eigenvalue weighted by atomic mass is 32.7. The van der Waals surface area contributed by atoms with Crippen molar-refractivity contribution in [3.05, 3.63) is 0 Å². The quantitative estimate of drug-likeness (QED) is 0.699. The van der Waals surface area contributed by atoms with Crippen LogP contribution in [0, 0.1) is 0 Å². The number of rotatable bonds is 5. The average molecular weight is 266 g/mol. The summed E-state index contributed by atoms with van der Waals surface area (Å²) in [5, 5.41) is 0. The first kappa shape index (κ1) is 15.3. The fourth-order valence-corrected chi connectivity index (χ4v) is 4.18. The molecule has 0 fully saturated rings. The zero-order valence-electron chi connectivity index (χ0n) is 8.87. The van der Waals surface area contributed by atoms with Gasteiger partial charge in [0, 0.05) is 0 Å². The molecule has 92 valence electrons. The molecule has 8 heteroatoms. The van der Waals surface area contributed by atoms with E-state index in [-0.39, 0.29) is 0 Å². The Morgan fingerprint density at radius 2 is 1.40 bits per heavy atom. The third-order valence-electron chi connectivity index (χ3n) is 0.895. The molecule has 0 saturated carbocycles. The Kier molecular flexibility index (Phi) is 5.68. The van der Waals surface area contributed by atoms with Crippen LogP contribution in [0.3, 0.4) is 0 Å². The van der Waals surface area contributed by atoms with E-state index in [0.717, 1.165) is 0 Å². The van der Waals surface area contributed by atoms with Gasteiger partial charge in [0.05, 0.1) is 23.6 Å². The van der Waals surface area contributed by atoms with Crippen molar-refractivity contribution in [2.75, 3.05) is 0 Å². The summed E-state index contributed by atoms with van der Waals surface area (Å²) in [5.74, 6) is 0. The third kappa shape index (κ3) is 8.13. The molecule has 0 aromatic carbocycles. The normalized spacial score (nSPS) is 13.9. The van der Waals surface area contributed by atoms with Crippen molar-refractivity contribution < 1.29 is 26.8 Å². The molecule has 3 nitrogen and oxygen atoms in total. The molecular weight excluding hydrogens is 252 g/mol. The topological polar surface area (TPSA) is 35.5 Å². The zero-order valence-corrected chi connectivity index (χ0v) is 10.6. The molecule has 15 heavy (non-hydrogen) atoms. The van der Waals surface area contributed by atoms with Crippen LogP contribution in [0.15, 0.2) is 0 Å². The number of hydrogen-bond donors (Lipinski definition) is 0. The summed E-state index contributed by atoms with van der Waals surface area (Å²) in [7, 11) is 0. The molecule has 0 spiro atoms. The summed E-state index contributed by atoms with van der Waals surface area (Å²) in [5.41, 5.74) is -4.64. The fraction of sp³-hybridized carbons (Fsp3) is 1.00. The molecule has 0 N–H and O–H groups in total. The van der Waals surface area contributed by atoms with Crippen LogP contribution in [0.1, 0.15) is 27.7 Å². The number of alkyl halides is 3. The van der Waals surface area contributed by atoms with E-state index >= 15 is 0 Å². The first-order valence-electron chi connectivity index (χ1n) is 4.28. The second-order valence-corrected chi connectivity index (χ2v) is 7.14. The number of halogens is 3. The molecule has 0 saturated heterocycles. The van der Waals surface area contributed by atoms with E-state index < -0.39 is 35.9 Å². The van der Waals surface area contributed by atoms with Crippen molar-refractivity contribution in [2.24, 2.45) is 0 Å². The predicted molar refractivity (Wildman–Crippen MR) is 53.7 cm³/mol. The van der Waals surface area contributed by atoms with Gasteiger partial charge in [-0.15, -0.1) is 0 Å². The van der Waals surface area contributed by atoms with Gasteiger partial charge in [-0.2, -0.15) is 13.2 Å². The standard InChI is InChI=1S/C7H14F3O3PS/c1-5(2)12-14(11,13-6(3)4)15-7(8,9)10/h5-6H,1-4H3. The molecule has 0 aliphatic heterocycles. The summed E-state index contributed by atoms with van der Waals surface area (Å²) >= 11 is -0.728. The van der Waals surface area contributed by atoms with Gasteiger partial charge in [-0.25, -0.2) is 4.57 Å². The molecule has 0 heterocycles. The summed E-state index contributed by atoms with van der Waals surface area (Å²) in [6.07, 6.45) is -1.19. The van der Waals surface area contributed by atoms with Crippen molar-refractivity contribution in [2.45, 2.75) is 45.4 Å². The Hall–Kier alpha value is 0.290. The van der Waals surface area contributed by atoms with Crippen LogP contribution in [0.4, 0.5) is 13.2 Å². The van der Waals surface area contributed by atoms with Crippen LogP contribution in [-0.2, 0) is 13.6 Å². The van der Waals surface area contributed by atoms with E-state index in [2.05, 4.69) is 0 Å². The van der Waals surface area contributed by atoms with Crippen LogP contribution in [-0.4, -0.2) is 17.7 Å². The van der Waals surface area contributed by atoms with E-state index in [0.29, 0.717) is 0 Å². The largest absolute Gasteiger partial charge is 0.452 e. The summed E-state index contributed by atoms with van der Waals surface area (Å²) in [6, 6.07) is 0.